The first-order valence-electron chi connectivity index (χ1n) is 3.12. The molecule has 56 valence electrons. The summed E-state index contributed by atoms with van der Waals surface area (Å²) in [6, 6.07) is 0. The molecule has 0 aliphatic carbocycles. The highest BCUT2D eigenvalue weighted by atomic mass is 16.5. The van der Waals surface area contributed by atoms with E-state index in [0.717, 1.165) is 6.29 Å². The quantitative estimate of drug-likeness (QED) is 0.249. The van der Waals surface area contributed by atoms with E-state index in [9.17, 15) is 4.79 Å². The number of aldehydes is 1. The van der Waals surface area contributed by atoms with Crippen LogP contribution in [0, 0.1) is 0 Å². The maximum Gasteiger partial charge on any atom is 0.145 e. The molecule has 0 fully saturated rings. The van der Waals surface area contributed by atoms with Crippen molar-refractivity contribution in [3.05, 3.63) is 24.3 Å². The summed E-state index contributed by atoms with van der Waals surface area (Å²) in [5, 5.41) is 0. The van der Waals surface area contributed by atoms with Crippen LogP contribution >= 0.6 is 0 Å². The van der Waals surface area contributed by atoms with Gasteiger partial charge in [-0.15, -0.1) is 6.58 Å². The second-order valence-electron chi connectivity index (χ2n) is 1.89. The molecule has 0 atom stereocenters. The van der Waals surface area contributed by atoms with Crippen molar-refractivity contribution in [1.29, 1.82) is 0 Å². The van der Waals surface area contributed by atoms with Gasteiger partial charge in [0.15, 0.2) is 0 Å². The summed E-state index contributed by atoms with van der Waals surface area (Å²) in [5.41, 5.74) is 0.698. The van der Waals surface area contributed by atoms with E-state index in [1.165, 1.54) is 0 Å². The fourth-order valence-corrected chi connectivity index (χ4v) is 0.390. The average Bonchev–Trinajstić information content (AvgIpc) is 1.98. The molecule has 0 aromatic heterocycles. The van der Waals surface area contributed by atoms with Crippen LogP contribution in [0.1, 0.15) is 6.92 Å². The summed E-state index contributed by atoms with van der Waals surface area (Å²) in [5.74, 6) is 0. The van der Waals surface area contributed by atoms with Gasteiger partial charge in [-0.05, 0) is 12.5 Å². The van der Waals surface area contributed by atoms with Crippen LogP contribution in [0.25, 0.3) is 0 Å². The Morgan fingerprint density at radius 1 is 1.60 bits per heavy atom. The molecule has 0 aliphatic heterocycles. The average molecular weight is 140 g/mol. The molecule has 0 unspecified atom stereocenters. The summed E-state index contributed by atoms with van der Waals surface area (Å²) < 4.78 is 5.00. The van der Waals surface area contributed by atoms with Crippen molar-refractivity contribution in [3.63, 3.8) is 0 Å². The minimum absolute atomic E-state index is 0.483. The zero-order valence-electron chi connectivity index (χ0n) is 6.17. The van der Waals surface area contributed by atoms with Crippen molar-refractivity contribution in [1.82, 2.24) is 0 Å². The fraction of sp³-hybridized carbons (Fsp3) is 0.375. The van der Waals surface area contributed by atoms with Gasteiger partial charge in [-0.2, -0.15) is 0 Å². The molecule has 0 aromatic rings. The van der Waals surface area contributed by atoms with Crippen LogP contribution < -0.4 is 0 Å². The first-order valence-corrected chi connectivity index (χ1v) is 3.12. The Kier molecular flexibility index (Phi) is 5.68. The number of carbonyl (C=O) groups is 1. The van der Waals surface area contributed by atoms with Crippen molar-refractivity contribution >= 4 is 6.29 Å². The lowest BCUT2D eigenvalue weighted by Crippen LogP contribution is -1.91. The smallest absolute Gasteiger partial charge is 0.145 e. The highest BCUT2D eigenvalue weighted by molar-refractivity contribution is 5.71. The van der Waals surface area contributed by atoms with Gasteiger partial charge in [0.25, 0.3) is 0 Å². The molecule has 0 saturated carbocycles. The first-order chi connectivity index (χ1) is 4.81. The van der Waals surface area contributed by atoms with E-state index in [-0.39, 0.29) is 0 Å². The van der Waals surface area contributed by atoms with Crippen LogP contribution in [0.4, 0.5) is 0 Å². The van der Waals surface area contributed by atoms with Crippen LogP contribution in [0.2, 0.25) is 0 Å². The fourth-order valence-electron chi connectivity index (χ4n) is 0.390. The molecular formula is C8H12O2. The standard InChI is InChI=1S/C8H12O2/c1-3-5-10-6-4-8(2)7-9/h3-4,7H,1,5-6H2,2H3. The van der Waals surface area contributed by atoms with E-state index in [1.54, 1.807) is 19.1 Å². The van der Waals surface area contributed by atoms with E-state index >= 15 is 0 Å². The van der Waals surface area contributed by atoms with Gasteiger partial charge in [-0.1, -0.05) is 12.2 Å². The normalized spacial score (nSPS) is 11.1. The molecule has 0 rings (SSSR count). The number of rotatable bonds is 5. The molecule has 0 bridgehead atoms. The van der Waals surface area contributed by atoms with Crippen LogP contribution in [0.3, 0.4) is 0 Å². The van der Waals surface area contributed by atoms with Gasteiger partial charge in [-0.3, -0.25) is 4.79 Å². The predicted octanol–water partition coefficient (Wildman–Crippen LogP) is 1.33. The Hall–Kier alpha value is -0.890. The maximum atomic E-state index is 10.0. The van der Waals surface area contributed by atoms with Crippen LogP contribution in [0.5, 0.6) is 0 Å². The second-order valence-corrected chi connectivity index (χ2v) is 1.89. The van der Waals surface area contributed by atoms with Gasteiger partial charge in [0, 0.05) is 0 Å². The topological polar surface area (TPSA) is 26.3 Å². The molecule has 2 nitrogen and oxygen atoms in total. The Morgan fingerprint density at radius 2 is 2.30 bits per heavy atom. The number of ether oxygens (including phenoxy) is 1. The van der Waals surface area contributed by atoms with Crippen LogP contribution in [-0.2, 0) is 9.53 Å². The zero-order chi connectivity index (χ0) is 7.82. The molecule has 0 spiro atoms. The van der Waals surface area contributed by atoms with E-state index in [4.69, 9.17) is 4.74 Å². The Balaban J connectivity index is 3.33. The van der Waals surface area contributed by atoms with Gasteiger partial charge in [0.2, 0.25) is 0 Å². The Bertz CT molecular complexity index is 136. The molecule has 0 aromatic carbocycles. The summed E-state index contributed by atoms with van der Waals surface area (Å²) in [6.45, 7) is 6.24. The predicted molar refractivity (Wildman–Crippen MR) is 40.8 cm³/mol. The highest BCUT2D eigenvalue weighted by Gasteiger charge is 1.82. The van der Waals surface area contributed by atoms with Gasteiger partial charge in [0.05, 0.1) is 13.2 Å². The number of hydrogen-bond acceptors (Lipinski definition) is 2. The molecule has 0 N–H and O–H groups in total. The van der Waals surface area contributed by atoms with Gasteiger partial charge in [0.1, 0.15) is 6.29 Å². The lowest BCUT2D eigenvalue weighted by Gasteiger charge is -1.93. The van der Waals surface area contributed by atoms with E-state index < -0.39 is 0 Å². The van der Waals surface area contributed by atoms with Gasteiger partial charge >= 0.3 is 0 Å². The number of hydrogen-bond donors (Lipinski definition) is 0. The third-order valence-electron chi connectivity index (χ3n) is 0.945. The minimum Gasteiger partial charge on any atom is -0.373 e. The van der Waals surface area contributed by atoms with Gasteiger partial charge in [-0.25, -0.2) is 0 Å². The minimum atomic E-state index is 0.483. The van der Waals surface area contributed by atoms with Crippen LogP contribution in [0.15, 0.2) is 24.3 Å². The summed E-state index contributed by atoms with van der Waals surface area (Å²) >= 11 is 0. The monoisotopic (exact) mass is 140 g/mol. The third kappa shape index (κ3) is 5.25. The Morgan fingerprint density at radius 3 is 2.80 bits per heavy atom. The molecule has 0 radical (unpaired) electrons. The van der Waals surface area contributed by atoms with Crippen molar-refractivity contribution in [2.75, 3.05) is 13.2 Å². The highest BCUT2D eigenvalue weighted by Crippen LogP contribution is 1.86. The van der Waals surface area contributed by atoms with Crippen LogP contribution in [-0.4, -0.2) is 19.5 Å². The molecule has 0 aliphatic rings. The maximum absolute atomic E-state index is 10.0. The molecule has 0 heterocycles. The van der Waals surface area contributed by atoms with Crippen molar-refractivity contribution in [2.24, 2.45) is 0 Å². The second kappa shape index (κ2) is 6.23. The first kappa shape index (κ1) is 9.11. The largest absolute Gasteiger partial charge is 0.373 e. The van der Waals surface area contributed by atoms with Crippen molar-refractivity contribution < 1.29 is 9.53 Å². The molecular weight excluding hydrogens is 128 g/mol. The lowest BCUT2D eigenvalue weighted by atomic mass is 10.3. The zero-order valence-corrected chi connectivity index (χ0v) is 6.17. The molecule has 2 heteroatoms. The number of carbonyl (C=O) groups excluding carboxylic acids is 1. The van der Waals surface area contributed by atoms with Crippen molar-refractivity contribution in [2.45, 2.75) is 6.92 Å². The SMILES string of the molecule is C=CCOCC=C(C)C=O. The van der Waals surface area contributed by atoms with E-state index in [0.29, 0.717) is 18.8 Å². The Labute approximate surface area is 61.2 Å². The van der Waals surface area contributed by atoms with E-state index in [2.05, 4.69) is 6.58 Å². The van der Waals surface area contributed by atoms with Crippen molar-refractivity contribution in [3.8, 4) is 0 Å². The van der Waals surface area contributed by atoms with Gasteiger partial charge < -0.3 is 4.74 Å². The molecule has 0 amide bonds. The summed E-state index contributed by atoms with van der Waals surface area (Å²) in [7, 11) is 0. The number of allylic oxidation sites excluding steroid dienone is 1. The third-order valence-corrected chi connectivity index (χ3v) is 0.945. The summed E-state index contributed by atoms with van der Waals surface area (Å²) in [4.78, 5) is 10.0. The lowest BCUT2D eigenvalue weighted by molar-refractivity contribution is -0.104. The van der Waals surface area contributed by atoms with E-state index in [1.807, 2.05) is 0 Å². The molecule has 10 heavy (non-hydrogen) atoms. The molecule has 0 saturated heterocycles. The summed E-state index contributed by atoms with van der Waals surface area (Å²) in [6.07, 6.45) is 4.21.